The first-order valence-corrected chi connectivity index (χ1v) is 12.3. The van der Waals surface area contributed by atoms with Crippen LogP contribution in [-0.4, -0.2) is 38.3 Å². The molecule has 8 heteroatoms. The maximum absolute atomic E-state index is 12.9. The number of sulfonamides is 1. The summed E-state index contributed by atoms with van der Waals surface area (Å²) in [4.78, 5) is 13.6. The van der Waals surface area contributed by atoms with E-state index >= 15 is 0 Å². The van der Waals surface area contributed by atoms with Crippen LogP contribution in [0.4, 0.5) is 5.69 Å². The van der Waals surface area contributed by atoms with E-state index in [0.717, 1.165) is 25.7 Å². The molecule has 0 aliphatic heterocycles. The summed E-state index contributed by atoms with van der Waals surface area (Å²) in [6.45, 7) is 2.20. The maximum atomic E-state index is 12.9. The Hall–Kier alpha value is -1.74. The second-order valence-electron chi connectivity index (χ2n) is 7.50. The standard InChI is InChI=1S/C21H29N3O3S2/c1-16(20-9-6-14-28-20)22-15-21(25)23-17-10-12-19(13-11-17)29(26,27)24(2)18-7-4-3-5-8-18/h6,9-14,16,18,22H,3-5,7-8,15H2,1-2H3,(H,23,25). The van der Waals surface area contributed by atoms with Crippen molar-refractivity contribution < 1.29 is 13.2 Å². The summed E-state index contributed by atoms with van der Waals surface area (Å²) in [6, 6.07) is 10.6. The number of nitrogens with zero attached hydrogens (tertiary/aromatic N) is 1. The summed E-state index contributed by atoms with van der Waals surface area (Å²) in [5, 5.41) is 8.00. The van der Waals surface area contributed by atoms with E-state index in [1.165, 1.54) is 15.6 Å². The lowest BCUT2D eigenvalue weighted by Crippen LogP contribution is -2.38. The molecule has 1 aromatic carbocycles. The van der Waals surface area contributed by atoms with Crippen molar-refractivity contribution >= 4 is 33.0 Å². The quantitative estimate of drug-likeness (QED) is 0.657. The molecular weight excluding hydrogens is 406 g/mol. The number of carbonyl (C=O) groups is 1. The van der Waals surface area contributed by atoms with Crippen LogP contribution in [0.5, 0.6) is 0 Å². The van der Waals surface area contributed by atoms with Crippen LogP contribution in [0.2, 0.25) is 0 Å². The van der Waals surface area contributed by atoms with Crippen LogP contribution < -0.4 is 10.6 Å². The van der Waals surface area contributed by atoms with Gasteiger partial charge >= 0.3 is 0 Å². The Morgan fingerprint density at radius 1 is 1.17 bits per heavy atom. The van der Waals surface area contributed by atoms with E-state index < -0.39 is 10.0 Å². The Balaban J connectivity index is 1.55. The summed E-state index contributed by atoms with van der Waals surface area (Å²) in [6.07, 6.45) is 5.17. The Kier molecular flexibility index (Phi) is 7.45. The Labute approximate surface area is 177 Å². The first kappa shape index (κ1) is 22.0. The predicted octanol–water partition coefficient (Wildman–Crippen LogP) is 3.99. The van der Waals surface area contributed by atoms with Crippen molar-refractivity contribution in [3.63, 3.8) is 0 Å². The molecular formula is C21H29N3O3S2. The highest BCUT2D eigenvalue weighted by Gasteiger charge is 2.28. The van der Waals surface area contributed by atoms with Crippen LogP contribution in [0.3, 0.4) is 0 Å². The number of amides is 1. The lowest BCUT2D eigenvalue weighted by atomic mass is 9.96. The van der Waals surface area contributed by atoms with E-state index in [4.69, 9.17) is 0 Å². The minimum atomic E-state index is -3.52. The minimum Gasteiger partial charge on any atom is -0.325 e. The van der Waals surface area contributed by atoms with Crippen molar-refractivity contribution in [2.75, 3.05) is 18.9 Å². The molecule has 0 spiro atoms. The lowest BCUT2D eigenvalue weighted by molar-refractivity contribution is -0.115. The third-order valence-corrected chi connectivity index (χ3v) is 8.42. The number of hydrogen-bond acceptors (Lipinski definition) is 5. The molecule has 2 aromatic rings. The van der Waals surface area contributed by atoms with Gasteiger partial charge in [-0.1, -0.05) is 25.3 Å². The van der Waals surface area contributed by atoms with E-state index in [9.17, 15) is 13.2 Å². The van der Waals surface area contributed by atoms with Crippen LogP contribution in [0, 0.1) is 0 Å². The Morgan fingerprint density at radius 2 is 1.86 bits per heavy atom. The monoisotopic (exact) mass is 435 g/mol. The average molecular weight is 436 g/mol. The average Bonchev–Trinajstić information content (AvgIpc) is 3.27. The molecule has 1 saturated carbocycles. The van der Waals surface area contributed by atoms with Crippen molar-refractivity contribution in [2.24, 2.45) is 0 Å². The number of anilines is 1. The number of carbonyl (C=O) groups excluding carboxylic acids is 1. The fraction of sp³-hybridized carbons (Fsp3) is 0.476. The van der Waals surface area contributed by atoms with Gasteiger partial charge in [0.1, 0.15) is 0 Å². The fourth-order valence-electron chi connectivity index (χ4n) is 3.61. The molecule has 29 heavy (non-hydrogen) atoms. The number of rotatable bonds is 8. The van der Waals surface area contributed by atoms with E-state index in [0.29, 0.717) is 5.69 Å². The molecule has 1 amide bonds. The second-order valence-corrected chi connectivity index (χ2v) is 10.5. The third-order valence-electron chi connectivity index (χ3n) is 5.44. The molecule has 3 rings (SSSR count). The molecule has 1 heterocycles. The van der Waals surface area contributed by atoms with Gasteiger partial charge < -0.3 is 10.6 Å². The summed E-state index contributed by atoms with van der Waals surface area (Å²) in [5.41, 5.74) is 0.583. The predicted molar refractivity (Wildman–Crippen MR) is 118 cm³/mol. The highest BCUT2D eigenvalue weighted by molar-refractivity contribution is 7.89. The zero-order valence-corrected chi connectivity index (χ0v) is 18.6. The summed E-state index contributed by atoms with van der Waals surface area (Å²) in [7, 11) is -1.85. The highest BCUT2D eigenvalue weighted by Crippen LogP contribution is 2.27. The second kappa shape index (κ2) is 9.84. The molecule has 1 aliphatic carbocycles. The number of hydrogen-bond donors (Lipinski definition) is 2. The molecule has 1 aromatic heterocycles. The molecule has 6 nitrogen and oxygen atoms in total. The van der Waals surface area contributed by atoms with Gasteiger partial charge in [0.05, 0.1) is 11.4 Å². The summed E-state index contributed by atoms with van der Waals surface area (Å²) in [5.74, 6) is -0.164. The zero-order chi connectivity index (χ0) is 20.9. The van der Waals surface area contributed by atoms with E-state index in [1.54, 1.807) is 42.6 Å². The van der Waals surface area contributed by atoms with Gasteiger partial charge in [0.15, 0.2) is 0 Å². The number of nitrogens with one attached hydrogen (secondary N) is 2. The van der Waals surface area contributed by atoms with Crippen LogP contribution in [0.25, 0.3) is 0 Å². The first-order valence-electron chi connectivity index (χ1n) is 10.0. The lowest BCUT2D eigenvalue weighted by Gasteiger charge is -2.30. The number of benzene rings is 1. The molecule has 1 atom stereocenters. The number of thiophene rings is 1. The largest absolute Gasteiger partial charge is 0.325 e. The topological polar surface area (TPSA) is 78.5 Å². The molecule has 1 aliphatic rings. The van der Waals surface area contributed by atoms with Crippen molar-refractivity contribution in [2.45, 2.75) is 56.0 Å². The van der Waals surface area contributed by atoms with Crippen molar-refractivity contribution in [1.82, 2.24) is 9.62 Å². The normalized spacial score (nSPS) is 16.7. The molecule has 0 bridgehead atoms. The van der Waals surface area contributed by atoms with Gasteiger partial charge in [-0.3, -0.25) is 4.79 Å². The molecule has 0 saturated heterocycles. The van der Waals surface area contributed by atoms with Crippen molar-refractivity contribution in [1.29, 1.82) is 0 Å². The Bertz CT molecular complexity index is 890. The molecule has 1 unspecified atom stereocenters. The van der Waals surface area contributed by atoms with Gasteiger partial charge in [-0.2, -0.15) is 4.31 Å². The van der Waals surface area contributed by atoms with Gasteiger partial charge in [0.25, 0.3) is 0 Å². The van der Waals surface area contributed by atoms with Crippen molar-refractivity contribution in [3.8, 4) is 0 Å². The van der Waals surface area contributed by atoms with E-state index in [1.807, 2.05) is 24.4 Å². The minimum absolute atomic E-state index is 0.0736. The van der Waals surface area contributed by atoms with Crippen LogP contribution in [0.15, 0.2) is 46.7 Å². The molecule has 2 N–H and O–H groups in total. The van der Waals surface area contributed by atoms with Gasteiger partial charge in [0.2, 0.25) is 15.9 Å². The Morgan fingerprint density at radius 3 is 2.48 bits per heavy atom. The molecule has 158 valence electrons. The van der Waals surface area contributed by atoms with Crippen LogP contribution >= 0.6 is 11.3 Å². The van der Waals surface area contributed by atoms with Gasteiger partial charge in [-0.15, -0.1) is 11.3 Å². The van der Waals surface area contributed by atoms with Crippen LogP contribution in [-0.2, 0) is 14.8 Å². The van der Waals surface area contributed by atoms with Crippen LogP contribution in [0.1, 0.15) is 49.9 Å². The van der Waals surface area contributed by atoms with Crippen molar-refractivity contribution in [3.05, 3.63) is 46.7 Å². The molecule has 1 fully saturated rings. The smallest absolute Gasteiger partial charge is 0.243 e. The van der Waals surface area contributed by atoms with E-state index in [-0.39, 0.29) is 29.4 Å². The van der Waals surface area contributed by atoms with E-state index in [2.05, 4.69) is 10.6 Å². The summed E-state index contributed by atoms with van der Waals surface area (Å²) >= 11 is 1.65. The maximum Gasteiger partial charge on any atom is 0.243 e. The van der Waals surface area contributed by atoms with Gasteiger partial charge in [-0.05, 0) is 55.5 Å². The molecule has 0 radical (unpaired) electrons. The summed E-state index contributed by atoms with van der Waals surface area (Å²) < 4.78 is 27.3. The first-order chi connectivity index (χ1) is 13.9. The fourth-order valence-corrected chi connectivity index (χ4v) is 5.78. The SMILES string of the molecule is CC(NCC(=O)Nc1ccc(S(=O)(=O)N(C)C2CCCCC2)cc1)c1cccs1. The van der Waals surface area contributed by atoms with Gasteiger partial charge in [-0.25, -0.2) is 8.42 Å². The highest BCUT2D eigenvalue weighted by atomic mass is 32.2. The van der Waals surface area contributed by atoms with Gasteiger partial charge in [0, 0.05) is 29.7 Å². The third kappa shape index (κ3) is 5.66. The zero-order valence-electron chi connectivity index (χ0n) is 16.9.